The molecule has 3 nitrogen and oxygen atoms in total. The normalized spacial score (nSPS) is 10.3. The smallest absolute Gasteiger partial charge is 0.131 e. The topological polar surface area (TPSA) is 37.9 Å². The lowest BCUT2D eigenvalue weighted by Crippen LogP contribution is -1.95. The molecule has 17 heavy (non-hydrogen) atoms. The summed E-state index contributed by atoms with van der Waals surface area (Å²) in [7, 11) is 1.68. The average Bonchev–Trinajstić information content (AvgIpc) is 2.32. The van der Waals surface area contributed by atoms with Gasteiger partial charge in [-0.1, -0.05) is 18.3 Å². The Morgan fingerprint density at radius 3 is 2.71 bits per heavy atom. The first-order chi connectivity index (χ1) is 8.13. The number of H-pyrrole nitrogens is 1. The van der Waals surface area contributed by atoms with E-state index in [0.29, 0.717) is 4.64 Å². The maximum absolute atomic E-state index is 5.48. The molecule has 1 aromatic heterocycles. The Kier molecular flexibility index (Phi) is 3.24. The number of hydrogen-bond donors (Lipinski definition) is 1. The molecule has 0 saturated heterocycles. The number of nitrogens with one attached hydrogen (secondary N) is 1. The summed E-state index contributed by atoms with van der Waals surface area (Å²) >= 11 is 5.07. The summed E-state index contributed by atoms with van der Waals surface area (Å²) in [5, 5.41) is 0. The number of aryl methyl sites for hydroxylation is 1. The zero-order chi connectivity index (χ0) is 12.4. The summed E-state index contributed by atoms with van der Waals surface area (Å²) in [6.45, 7) is 4.11. The fraction of sp³-hybridized carbons (Fsp3) is 0.231. The number of ether oxygens (including phenoxy) is 1. The molecular formula is C13H14N2OS. The zero-order valence-corrected chi connectivity index (χ0v) is 10.9. The van der Waals surface area contributed by atoms with Gasteiger partial charge in [0.15, 0.2) is 0 Å². The van der Waals surface area contributed by atoms with Crippen LogP contribution in [0.1, 0.15) is 11.1 Å². The minimum Gasteiger partial charge on any atom is -0.496 e. The van der Waals surface area contributed by atoms with E-state index >= 15 is 0 Å². The van der Waals surface area contributed by atoms with Crippen LogP contribution in [0.2, 0.25) is 0 Å². The van der Waals surface area contributed by atoms with Crippen molar-refractivity contribution in [3.8, 4) is 17.0 Å². The molecule has 0 spiro atoms. The third kappa shape index (κ3) is 2.22. The van der Waals surface area contributed by atoms with E-state index in [1.54, 1.807) is 13.4 Å². The lowest BCUT2D eigenvalue weighted by atomic mass is 10.0. The molecule has 0 aliphatic carbocycles. The first-order valence-corrected chi connectivity index (χ1v) is 5.73. The van der Waals surface area contributed by atoms with Gasteiger partial charge in [-0.15, -0.1) is 0 Å². The predicted molar refractivity (Wildman–Crippen MR) is 70.9 cm³/mol. The van der Waals surface area contributed by atoms with Crippen LogP contribution in [0.3, 0.4) is 0 Å². The van der Waals surface area contributed by atoms with Crippen LogP contribution in [0.4, 0.5) is 0 Å². The van der Waals surface area contributed by atoms with E-state index in [2.05, 4.69) is 23.0 Å². The van der Waals surface area contributed by atoms with Crippen molar-refractivity contribution in [3.63, 3.8) is 0 Å². The fourth-order valence-electron chi connectivity index (χ4n) is 1.79. The van der Waals surface area contributed by atoms with Gasteiger partial charge in [0.1, 0.15) is 10.4 Å². The Hall–Kier alpha value is -1.68. The lowest BCUT2D eigenvalue weighted by Gasteiger charge is -2.13. The molecule has 0 bridgehead atoms. The molecule has 1 heterocycles. The highest BCUT2D eigenvalue weighted by Crippen LogP contribution is 2.33. The van der Waals surface area contributed by atoms with Crippen molar-refractivity contribution in [1.29, 1.82) is 0 Å². The molecule has 1 aromatic carbocycles. The van der Waals surface area contributed by atoms with Gasteiger partial charge in [0, 0.05) is 5.56 Å². The number of nitrogens with zero attached hydrogens (tertiary/aromatic N) is 1. The van der Waals surface area contributed by atoms with Crippen LogP contribution in [0, 0.1) is 18.5 Å². The lowest BCUT2D eigenvalue weighted by molar-refractivity contribution is 0.413. The largest absolute Gasteiger partial charge is 0.496 e. The van der Waals surface area contributed by atoms with Crippen LogP contribution >= 0.6 is 12.2 Å². The van der Waals surface area contributed by atoms with Crippen LogP contribution in [0.15, 0.2) is 24.5 Å². The van der Waals surface area contributed by atoms with Crippen molar-refractivity contribution in [2.75, 3.05) is 7.11 Å². The second-order valence-electron chi connectivity index (χ2n) is 3.89. The molecule has 0 aliphatic rings. The minimum atomic E-state index is 0.569. The first kappa shape index (κ1) is 11.8. The van der Waals surface area contributed by atoms with Crippen molar-refractivity contribution in [2.45, 2.75) is 13.8 Å². The number of hydrogen-bond acceptors (Lipinski definition) is 3. The molecule has 0 radical (unpaired) electrons. The Morgan fingerprint density at radius 1 is 1.29 bits per heavy atom. The van der Waals surface area contributed by atoms with Crippen LogP contribution in [-0.4, -0.2) is 17.1 Å². The van der Waals surface area contributed by atoms with E-state index in [9.17, 15) is 0 Å². The second-order valence-corrected chi connectivity index (χ2v) is 4.31. The van der Waals surface area contributed by atoms with Crippen LogP contribution in [-0.2, 0) is 0 Å². The van der Waals surface area contributed by atoms with Crippen LogP contribution in [0.5, 0.6) is 5.75 Å². The summed E-state index contributed by atoms with van der Waals surface area (Å²) in [5.41, 5.74) is 4.27. The van der Waals surface area contributed by atoms with E-state index in [1.165, 1.54) is 5.56 Å². The molecule has 0 fully saturated rings. The van der Waals surface area contributed by atoms with E-state index in [1.807, 2.05) is 19.1 Å². The average molecular weight is 246 g/mol. The van der Waals surface area contributed by atoms with E-state index in [-0.39, 0.29) is 0 Å². The monoisotopic (exact) mass is 246 g/mol. The summed E-state index contributed by atoms with van der Waals surface area (Å²) in [4.78, 5) is 7.07. The van der Waals surface area contributed by atoms with E-state index < -0.39 is 0 Å². The molecule has 4 heteroatoms. The van der Waals surface area contributed by atoms with Gasteiger partial charge in [-0.05, 0) is 37.1 Å². The Bertz CT molecular complexity index is 605. The summed E-state index contributed by atoms with van der Waals surface area (Å²) in [5.74, 6) is 0.877. The molecule has 88 valence electrons. The Morgan fingerprint density at radius 2 is 2.06 bits per heavy atom. The number of aromatic amines is 1. The highest BCUT2D eigenvalue weighted by atomic mass is 32.1. The van der Waals surface area contributed by atoms with Gasteiger partial charge in [-0.2, -0.15) is 0 Å². The molecule has 1 N–H and O–H groups in total. The van der Waals surface area contributed by atoms with Crippen LogP contribution < -0.4 is 4.74 Å². The number of rotatable bonds is 2. The summed E-state index contributed by atoms with van der Waals surface area (Å²) < 4.78 is 6.05. The van der Waals surface area contributed by atoms with Gasteiger partial charge in [-0.3, -0.25) is 0 Å². The molecule has 0 amide bonds. The third-order valence-corrected chi connectivity index (χ3v) is 3.07. The SMILES string of the molecule is COc1c(-c2cc(=S)nc[nH]2)ccc(C)c1C. The standard InChI is InChI=1S/C13H14N2OS/c1-8-4-5-10(13(16-3)9(8)2)11-6-12(17)15-7-14-11/h4-7H,1-3H3,(H,14,15,17). The molecule has 2 aromatic rings. The number of methoxy groups -OCH3 is 1. The fourth-order valence-corrected chi connectivity index (χ4v) is 1.96. The van der Waals surface area contributed by atoms with Crippen molar-refractivity contribution in [3.05, 3.63) is 40.3 Å². The number of aromatic nitrogens is 2. The van der Waals surface area contributed by atoms with Crippen molar-refractivity contribution in [1.82, 2.24) is 9.97 Å². The molecule has 0 atom stereocenters. The highest BCUT2D eigenvalue weighted by molar-refractivity contribution is 7.71. The maximum atomic E-state index is 5.48. The summed E-state index contributed by atoms with van der Waals surface area (Å²) in [6, 6.07) is 5.94. The molecule has 0 unspecified atom stereocenters. The summed E-state index contributed by atoms with van der Waals surface area (Å²) in [6.07, 6.45) is 1.60. The van der Waals surface area contributed by atoms with Gasteiger partial charge >= 0.3 is 0 Å². The molecule has 0 saturated carbocycles. The van der Waals surface area contributed by atoms with Gasteiger partial charge in [-0.25, -0.2) is 4.98 Å². The molecule has 2 rings (SSSR count). The van der Waals surface area contributed by atoms with Crippen molar-refractivity contribution < 1.29 is 4.74 Å². The third-order valence-electron chi connectivity index (χ3n) is 2.85. The second kappa shape index (κ2) is 4.67. The maximum Gasteiger partial charge on any atom is 0.131 e. The predicted octanol–water partition coefficient (Wildman–Crippen LogP) is 3.43. The van der Waals surface area contributed by atoms with Gasteiger partial charge < -0.3 is 9.72 Å². The van der Waals surface area contributed by atoms with Crippen molar-refractivity contribution >= 4 is 12.2 Å². The highest BCUT2D eigenvalue weighted by Gasteiger charge is 2.10. The quantitative estimate of drug-likeness (QED) is 0.825. The first-order valence-electron chi connectivity index (χ1n) is 5.33. The Labute approximate surface area is 105 Å². The van der Waals surface area contributed by atoms with Crippen LogP contribution in [0.25, 0.3) is 11.3 Å². The van der Waals surface area contributed by atoms with E-state index in [0.717, 1.165) is 22.6 Å². The van der Waals surface area contributed by atoms with Gasteiger partial charge in [0.2, 0.25) is 0 Å². The zero-order valence-electron chi connectivity index (χ0n) is 10.1. The van der Waals surface area contributed by atoms with E-state index in [4.69, 9.17) is 17.0 Å². The van der Waals surface area contributed by atoms with Gasteiger partial charge in [0.25, 0.3) is 0 Å². The van der Waals surface area contributed by atoms with Crippen molar-refractivity contribution in [2.24, 2.45) is 0 Å². The molecule has 0 aliphatic heterocycles. The number of benzene rings is 1. The van der Waals surface area contributed by atoms with Gasteiger partial charge in [0.05, 0.1) is 19.1 Å². The molecular weight excluding hydrogens is 232 g/mol. The Balaban J connectivity index is 2.68. The minimum absolute atomic E-state index is 0.569.